The molecule has 218 valence electrons. The highest BCUT2D eigenvalue weighted by molar-refractivity contribution is 6.67. The van der Waals surface area contributed by atoms with E-state index >= 15 is 0 Å². The summed E-state index contributed by atoms with van der Waals surface area (Å²) < 4.78 is 3.00. The number of benzene rings is 1. The van der Waals surface area contributed by atoms with Gasteiger partial charge < -0.3 is 20.3 Å². The lowest BCUT2D eigenvalue weighted by atomic mass is 9.92. The lowest BCUT2D eigenvalue weighted by Crippen LogP contribution is -2.71. The number of Topliss-reactive ketones (excluding diaryl/α,β-unsaturated/α-hetero) is 1. The van der Waals surface area contributed by atoms with Gasteiger partial charge in [0, 0.05) is 25.2 Å². The molecule has 0 bridgehead atoms. The molecule has 2 N–H and O–H groups in total. The van der Waals surface area contributed by atoms with Crippen molar-refractivity contribution in [1.29, 1.82) is 0 Å². The van der Waals surface area contributed by atoms with Crippen LogP contribution in [0.4, 0.5) is 4.79 Å². The molecule has 0 radical (unpaired) electrons. The molecule has 0 aliphatic carbocycles. The van der Waals surface area contributed by atoms with Crippen molar-refractivity contribution in [1.82, 2.24) is 25.3 Å². The molecule has 6 amide bonds. The van der Waals surface area contributed by atoms with Crippen molar-refractivity contribution in [3.8, 4) is 0 Å². The van der Waals surface area contributed by atoms with Crippen molar-refractivity contribution in [2.45, 2.75) is 35.8 Å². The van der Waals surface area contributed by atoms with Gasteiger partial charge in [-0.25, -0.2) is 9.59 Å². The molecule has 13 nitrogen and oxygen atoms in total. The Balaban J connectivity index is 1.49. The molecule has 3 aliphatic rings. The number of halogens is 3. The zero-order valence-corrected chi connectivity index (χ0v) is 24.0. The van der Waals surface area contributed by atoms with Crippen LogP contribution in [0, 0.1) is 0 Å². The Morgan fingerprint density at radius 2 is 1.71 bits per heavy atom. The molecule has 2 saturated heterocycles. The molecule has 3 aliphatic heterocycles. The van der Waals surface area contributed by atoms with E-state index in [1.807, 2.05) is 0 Å². The highest BCUT2D eigenvalue weighted by Crippen LogP contribution is 2.37. The van der Waals surface area contributed by atoms with Gasteiger partial charge in [0.25, 0.3) is 5.91 Å². The first-order valence-corrected chi connectivity index (χ1v) is 13.5. The Morgan fingerprint density at radius 1 is 1.05 bits per heavy atom. The number of piperazine rings is 1. The van der Waals surface area contributed by atoms with E-state index in [9.17, 15) is 33.6 Å². The number of rotatable bonds is 7. The van der Waals surface area contributed by atoms with E-state index < -0.39 is 69.9 Å². The highest BCUT2D eigenvalue weighted by atomic mass is 35.6. The summed E-state index contributed by atoms with van der Waals surface area (Å²) in [5.41, 5.74) is -0.0974. The number of likely N-dealkylation sites (N-methyl/N-ethyl adjacent to an activating group) is 1. The molecule has 3 atom stereocenters. The van der Waals surface area contributed by atoms with Gasteiger partial charge in [-0.3, -0.25) is 33.8 Å². The summed E-state index contributed by atoms with van der Waals surface area (Å²) in [6, 6.07) is 2.98. The van der Waals surface area contributed by atoms with Gasteiger partial charge in [-0.15, -0.1) is 0 Å². The second kappa shape index (κ2) is 11.7. The fraction of sp³-hybridized carbons (Fsp3) is 0.400. The van der Waals surface area contributed by atoms with Crippen LogP contribution >= 0.6 is 34.8 Å². The van der Waals surface area contributed by atoms with Gasteiger partial charge >= 0.3 is 23.8 Å². The highest BCUT2D eigenvalue weighted by Gasteiger charge is 2.60. The lowest BCUT2D eigenvalue weighted by Gasteiger charge is -2.42. The summed E-state index contributed by atoms with van der Waals surface area (Å²) >= 11 is 16.8. The molecule has 16 heteroatoms. The summed E-state index contributed by atoms with van der Waals surface area (Å²) in [6.45, 7) is 2.73. The number of carbonyl (C=O) groups excluding carboxylic acids is 7. The van der Waals surface area contributed by atoms with Crippen LogP contribution in [0.25, 0.3) is 0 Å². The van der Waals surface area contributed by atoms with E-state index in [0.717, 1.165) is 4.90 Å². The third kappa shape index (κ3) is 5.88. The lowest BCUT2D eigenvalue weighted by molar-refractivity contribution is -0.157. The van der Waals surface area contributed by atoms with Crippen molar-refractivity contribution < 1.29 is 38.3 Å². The second-order valence-corrected chi connectivity index (χ2v) is 11.8. The normalized spacial score (nSPS) is 21.4. The molecule has 0 spiro atoms. The Hall–Kier alpha value is -3.68. The Labute approximate surface area is 248 Å². The van der Waals surface area contributed by atoms with Crippen molar-refractivity contribution in [3.05, 3.63) is 47.2 Å². The SMILES string of the molecule is CCN1CCN(C(=O)NC(C(=O)NC2C(=O)N3C(C(=O)OCC(Cl)(Cl)Cl)=C(C)C(=O)[C@H]23)c2ccccc2)C(=O)C1=O. The molecule has 4 rings (SSSR count). The number of esters is 1. The van der Waals surface area contributed by atoms with Gasteiger partial charge in [0.1, 0.15) is 30.4 Å². The van der Waals surface area contributed by atoms with E-state index in [1.54, 1.807) is 25.1 Å². The number of imide groups is 1. The summed E-state index contributed by atoms with van der Waals surface area (Å²) in [5, 5.41) is 4.90. The first-order chi connectivity index (χ1) is 19.3. The van der Waals surface area contributed by atoms with Crippen molar-refractivity contribution >= 4 is 76.2 Å². The number of hydrogen-bond acceptors (Lipinski definition) is 8. The van der Waals surface area contributed by atoms with Gasteiger partial charge in [-0.05, 0) is 19.4 Å². The first kappa shape index (κ1) is 30.3. The molecule has 1 aromatic rings. The molecule has 0 aromatic heterocycles. The van der Waals surface area contributed by atoms with Crippen molar-refractivity contribution in [3.63, 3.8) is 0 Å². The molecule has 1 aromatic carbocycles. The largest absolute Gasteiger partial charge is 0.456 e. The number of amides is 6. The standard InChI is InChI=1S/C25H24Cl3N5O8/c1-3-31-9-10-32(22(38)21(31)37)24(40)30-14(13-7-5-4-6-8-13)19(35)29-15-17-18(34)12(2)16(33(17)20(15)36)23(39)41-11-25(26,27)28/h4-8,14-15,17H,3,9-11H2,1-2H3,(H,29,35)(H,30,40)/t14?,15?,17-/m0/s1. The zero-order valence-electron chi connectivity index (χ0n) is 21.7. The van der Waals surface area contributed by atoms with Gasteiger partial charge in [0.15, 0.2) is 5.78 Å². The maximum absolute atomic E-state index is 13.4. The van der Waals surface area contributed by atoms with Crippen molar-refractivity contribution in [2.75, 3.05) is 26.2 Å². The van der Waals surface area contributed by atoms with Gasteiger partial charge in [0.2, 0.25) is 9.70 Å². The fourth-order valence-corrected chi connectivity index (χ4v) is 4.85. The van der Waals surface area contributed by atoms with Gasteiger partial charge in [-0.2, -0.15) is 0 Å². The van der Waals surface area contributed by atoms with Crippen LogP contribution < -0.4 is 10.6 Å². The molecule has 2 fully saturated rings. The number of β-lactam (4-membered cyclic amide) rings is 1. The van der Waals surface area contributed by atoms with E-state index in [-0.39, 0.29) is 24.4 Å². The number of hydrogen-bond donors (Lipinski definition) is 2. The molecule has 41 heavy (non-hydrogen) atoms. The van der Waals surface area contributed by atoms with Crippen LogP contribution in [0.3, 0.4) is 0 Å². The number of nitrogens with zero attached hydrogens (tertiary/aromatic N) is 3. The van der Waals surface area contributed by atoms with E-state index in [1.165, 1.54) is 24.0 Å². The van der Waals surface area contributed by atoms with Gasteiger partial charge in [0.05, 0.1) is 0 Å². The molecule has 3 heterocycles. The summed E-state index contributed by atoms with van der Waals surface area (Å²) in [6.07, 6.45) is 0. The number of nitrogens with one attached hydrogen (secondary N) is 2. The van der Waals surface area contributed by atoms with E-state index in [4.69, 9.17) is 39.5 Å². The number of carbonyl (C=O) groups is 7. The monoisotopic (exact) mass is 627 g/mol. The number of ketones is 1. The second-order valence-electron chi connectivity index (χ2n) is 9.30. The average Bonchev–Trinajstić information content (AvgIpc) is 3.17. The van der Waals surface area contributed by atoms with Crippen molar-refractivity contribution in [2.24, 2.45) is 0 Å². The Bertz CT molecular complexity index is 1360. The minimum absolute atomic E-state index is 0.0725. The molecule has 0 saturated carbocycles. The summed E-state index contributed by atoms with van der Waals surface area (Å²) in [7, 11) is 0. The van der Waals surface area contributed by atoms with E-state index in [0.29, 0.717) is 17.0 Å². The summed E-state index contributed by atoms with van der Waals surface area (Å²) in [5.74, 6) is -5.19. The van der Waals surface area contributed by atoms with E-state index in [2.05, 4.69) is 10.6 Å². The molecule has 2 unspecified atom stereocenters. The third-order valence-electron chi connectivity index (χ3n) is 6.79. The Morgan fingerprint density at radius 3 is 2.32 bits per heavy atom. The smallest absolute Gasteiger partial charge is 0.355 e. The quantitative estimate of drug-likeness (QED) is 0.192. The minimum atomic E-state index is -1.92. The topological polar surface area (TPSA) is 162 Å². The van der Waals surface area contributed by atoms with Crippen LogP contribution in [-0.4, -0.2) is 98.2 Å². The molecular weight excluding hydrogens is 605 g/mol. The average molecular weight is 629 g/mol. The number of urea groups is 1. The maximum atomic E-state index is 13.4. The first-order valence-electron chi connectivity index (χ1n) is 12.4. The number of fused-ring (bicyclic) bond motifs is 1. The minimum Gasteiger partial charge on any atom is -0.456 e. The van der Waals surface area contributed by atoms with Crippen LogP contribution in [0.15, 0.2) is 41.6 Å². The zero-order chi connectivity index (χ0) is 30.2. The number of alkyl halides is 3. The summed E-state index contributed by atoms with van der Waals surface area (Å²) in [4.78, 5) is 92.6. The van der Waals surface area contributed by atoms with Crippen LogP contribution in [0.2, 0.25) is 0 Å². The van der Waals surface area contributed by atoms with Crippen LogP contribution in [-0.2, 0) is 33.5 Å². The predicted octanol–water partition coefficient (Wildman–Crippen LogP) is 0.594. The van der Waals surface area contributed by atoms with Crippen LogP contribution in [0.1, 0.15) is 25.5 Å². The number of ether oxygens (including phenoxy) is 1. The third-order valence-corrected chi connectivity index (χ3v) is 7.12. The van der Waals surface area contributed by atoms with Gasteiger partial charge in [-0.1, -0.05) is 65.1 Å². The maximum Gasteiger partial charge on any atom is 0.355 e. The molecular formula is C25H24Cl3N5O8. The fourth-order valence-electron chi connectivity index (χ4n) is 4.69. The van der Waals surface area contributed by atoms with Crippen LogP contribution in [0.5, 0.6) is 0 Å². The predicted molar refractivity (Wildman–Crippen MR) is 143 cm³/mol. The Kier molecular flexibility index (Phi) is 8.62.